The second-order valence-electron chi connectivity index (χ2n) is 3.09. The lowest BCUT2D eigenvalue weighted by Crippen LogP contribution is -1.91. The maximum Gasteiger partial charge on any atom is 0.122 e. The number of fused-ring (bicyclic) bond motifs is 2. The third-order valence-corrected chi connectivity index (χ3v) is 2.21. The summed E-state index contributed by atoms with van der Waals surface area (Å²) >= 11 is 0. The van der Waals surface area contributed by atoms with Crippen LogP contribution in [0.1, 0.15) is 6.42 Å². The molecule has 0 aromatic rings. The van der Waals surface area contributed by atoms with Gasteiger partial charge >= 0.3 is 0 Å². The number of hydrogen-bond acceptors (Lipinski definition) is 1. The first-order chi connectivity index (χ1) is 6.40. The molecule has 2 rings (SSSR count). The summed E-state index contributed by atoms with van der Waals surface area (Å²) in [6.45, 7) is 0. The summed E-state index contributed by atoms with van der Waals surface area (Å²) < 4.78 is 5.29. The zero-order valence-electron chi connectivity index (χ0n) is 7.66. The van der Waals surface area contributed by atoms with Gasteiger partial charge in [0.25, 0.3) is 0 Å². The van der Waals surface area contributed by atoms with E-state index < -0.39 is 0 Å². The van der Waals surface area contributed by atoms with E-state index in [0.717, 1.165) is 12.2 Å². The summed E-state index contributed by atoms with van der Waals surface area (Å²) in [6.07, 6.45) is 15.5. The van der Waals surface area contributed by atoms with Gasteiger partial charge in [-0.15, -0.1) is 0 Å². The third kappa shape index (κ3) is 1.64. The molecule has 0 aromatic carbocycles. The molecule has 2 aliphatic carbocycles. The standard InChI is InChI=1S/C12H12O/c1-13-12-8-4-6-10-5-2-3-7-11(12)9-10/h2-8H,9H2,1H3. The zero-order valence-corrected chi connectivity index (χ0v) is 7.66. The molecule has 1 heteroatoms. The van der Waals surface area contributed by atoms with E-state index in [1.54, 1.807) is 7.11 Å². The van der Waals surface area contributed by atoms with Crippen LogP contribution in [0.25, 0.3) is 0 Å². The largest absolute Gasteiger partial charge is 0.496 e. The quantitative estimate of drug-likeness (QED) is 0.591. The minimum absolute atomic E-state index is 0.961. The summed E-state index contributed by atoms with van der Waals surface area (Å²) in [4.78, 5) is 0. The van der Waals surface area contributed by atoms with Crippen LogP contribution in [0.5, 0.6) is 0 Å². The molecular weight excluding hydrogens is 160 g/mol. The van der Waals surface area contributed by atoms with Gasteiger partial charge in [0.1, 0.15) is 5.76 Å². The molecule has 0 saturated carbocycles. The molecule has 66 valence electrons. The summed E-state index contributed by atoms with van der Waals surface area (Å²) in [5.74, 6) is 0.964. The van der Waals surface area contributed by atoms with E-state index >= 15 is 0 Å². The number of allylic oxidation sites excluding steroid dienone is 9. The minimum atomic E-state index is 0.961. The number of rotatable bonds is 1. The van der Waals surface area contributed by atoms with E-state index in [-0.39, 0.29) is 0 Å². The van der Waals surface area contributed by atoms with E-state index in [1.807, 2.05) is 18.2 Å². The van der Waals surface area contributed by atoms with Gasteiger partial charge in [0, 0.05) is 6.42 Å². The lowest BCUT2D eigenvalue weighted by atomic mass is 10.1. The molecule has 0 aliphatic heterocycles. The Kier molecular flexibility index (Phi) is 2.17. The van der Waals surface area contributed by atoms with Crippen LogP contribution in [0, 0.1) is 0 Å². The third-order valence-electron chi connectivity index (χ3n) is 2.21. The van der Waals surface area contributed by atoms with Crippen molar-refractivity contribution in [3.05, 3.63) is 59.4 Å². The van der Waals surface area contributed by atoms with Crippen LogP contribution in [0.2, 0.25) is 0 Å². The van der Waals surface area contributed by atoms with Gasteiger partial charge < -0.3 is 4.74 Å². The first-order valence-electron chi connectivity index (χ1n) is 4.39. The van der Waals surface area contributed by atoms with Crippen molar-refractivity contribution in [2.75, 3.05) is 7.11 Å². The van der Waals surface area contributed by atoms with Crippen molar-refractivity contribution in [2.24, 2.45) is 0 Å². The maximum absolute atomic E-state index is 5.29. The Morgan fingerprint density at radius 2 is 1.92 bits per heavy atom. The van der Waals surface area contributed by atoms with Crippen molar-refractivity contribution in [3.63, 3.8) is 0 Å². The van der Waals surface area contributed by atoms with Gasteiger partial charge in [-0.3, -0.25) is 0 Å². The molecule has 0 saturated heterocycles. The lowest BCUT2D eigenvalue weighted by molar-refractivity contribution is 0.300. The Bertz CT molecular complexity index is 351. The van der Waals surface area contributed by atoms with E-state index in [4.69, 9.17) is 4.74 Å². The van der Waals surface area contributed by atoms with Crippen molar-refractivity contribution in [1.29, 1.82) is 0 Å². The highest BCUT2D eigenvalue weighted by atomic mass is 16.5. The first kappa shape index (κ1) is 8.11. The molecule has 1 nitrogen and oxygen atoms in total. The summed E-state index contributed by atoms with van der Waals surface area (Å²) in [6, 6.07) is 0. The summed E-state index contributed by atoms with van der Waals surface area (Å²) in [7, 11) is 1.71. The van der Waals surface area contributed by atoms with Crippen LogP contribution < -0.4 is 0 Å². The predicted molar refractivity (Wildman–Crippen MR) is 54.2 cm³/mol. The molecule has 0 N–H and O–H groups in total. The van der Waals surface area contributed by atoms with Gasteiger partial charge in [0.15, 0.2) is 0 Å². The highest BCUT2D eigenvalue weighted by Gasteiger charge is 2.09. The van der Waals surface area contributed by atoms with Crippen LogP contribution in [-0.2, 0) is 4.74 Å². The van der Waals surface area contributed by atoms with Crippen LogP contribution in [0.3, 0.4) is 0 Å². The molecule has 2 bridgehead atoms. The molecule has 0 amide bonds. The van der Waals surface area contributed by atoms with Crippen LogP contribution >= 0.6 is 0 Å². The van der Waals surface area contributed by atoms with Gasteiger partial charge in [-0.2, -0.15) is 0 Å². The van der Waals surface area contributed by atoms with Crippen molar-refractivity contribution < 1.29 is 4.74 Å². The molecule has 13 heavy (non-hydrogen) atoms. The molecule has 0 aromatic heterocycles. The Hall–Kier alpha value is -1.50. The van der Waals surface area contributed by atoms with E-state index in [2.05, 4.69) is 24.3 Å². The molecule has 0 spiro atoms. The molecule has 0 heterocycles. The fourth-order valence-corrected chi connectivity index (χ4v) is 1.54. The monoisotopic (exact) mass is 172 g/mol. The van der Waals surface area contributed by atoms with Gasteiger partial charge in [-0.25, -0.2) is 0 Å². The van der Waals surface area contributed by atoms with Gasteiger partial charge in [0.05, 0.1) is 7.11 Å². The Morgan fingerprint density at radius 3 is 2.77 bits per heavy atom. The minimum Gasteiger partial charge on any atom is -0.496 e. The van der Waals surface area contributed by atoms with Gasteiger partial charge in [-0.1, -0.05) is 36.5 Å². The highest BCUT2D eigenvalue weighted by Crippen LogP contribution is 2.25. The predicted octanol–water partition coefficient (Wildman–Crippen LogP) is 2.90. The molecular formula is C12H12O. The smallest absolute Gasteiger partial charge is 0.122 e. The molecule has 0 radical (unpaired) electrons. The number of ether oxygens (including phenoxy) is 1. The normalized spacial score (nSPS) is 19.6. The second-order valence-corrected chi connectivity index (χ2v) is 3.09. The van der Waals surface area contributed by atoms with Gasteiger partial charge in [0.2, 0.25) is 0 Å². The summed E-state index contributed by atoms with van der Waals surface area (Å²) in [5, 5.41) is 0. The topological polar surface area (TPSA) is 9.23 Å². The maximum atomic E-state index is 5.29. The average Bonchev–Trinajstić information content (AvgIpc) is 2.49. The van der Waals surface area contributed by atoms with Crippen molar-refractivity contribution in [2.45, 2.75) is 6.42 Å². The zero-order chi connectivity index (χ0) is 9.10. The van der Waals surface area contributed by atoms with Crippen molar-refractivity contribution in [3.8, 4) is 0 Å². The molecule has 0 unspecified atom stereocenters. The number of methoxy groups -OCH3 is 1. The van der Waals surface area contributed by atoms with Crippen LogP contribution in [0.15, 0.2) is 59.4 Å². The molecule has 2 aliphatic rings. The van der Waals surface area contributed by atoms with E-state index in [0.29, 0.717) is 0 Å². The Morgan fingerprint density at radius 1 is 1.08 bits per heavy atom. The van der Waals surface area contributed by atoms with E-state index in [9.17, 15) is 0 Å². The highest BCUT2D eigenvalue weighted by molar-refractivity contribution is 5.45. The van der Waals surface area contributed by atoms with Crippen molar-refractivity contribution in [1.82, 2.24) is 0 Å². The average molecular weight is 172 g/mol. The Balaban J connectivity index is 2.43. The number of hydrogen-bond donors (Lipinski definition) is 0. The SMILES string of the molecule is COC1=CC=CC2=CC=CC=C1C2. The molecule has 0 fully saturated rings. The first-order valence-corrected chi connectivity index (χ1v) is 4.39. The van der Waals surface area contributed by atoms with Crippen molar-refractivity contribution >= 4 is 0 Å². The Labute approximate surface area is 78.4 Å². The molecule has 0 atom stereocenters. The summed E-state index contributed by atoms with van der Waals surface area (Å²) in [5.41, 5.74) is 2.57. The second kappa shape index (κ2) is 3.48. The lowest BCUT2D eigenvalue weighted by Gasteiger charge is -2.07. The fraction of sp³-hybridized carbons (Fsp3) is 0.167. The van der Waals surface area contributed by atoms with E-state index in [1.165, 1.54) is 11.1 Å². The van der Waals surface area contributed by atoms with Crippen LogP contribution in [0.4, 0.5) is 0 Å². The fourth-order valence-electron chi connectivity index (χ4n) is 1.54. The van der Waals surface area contributed by atoms with Gasteiger partial charge in [-0.05, 0) is 17.2 Å². The van der Waals surface area contributed by atoms with Crippen LogP contribution in [-0.4, -0.2) is 7.11 Å².